The highest BCUT2D eigenvalue weighted by molar-refractivity contribution is 8.21. The minimum absolute atomic E-state index is 0.178. The van der Waals surface area contributed by atoms with Gasteiger partial charge in [0.1, 0.15) is 0 Å². The lowest BCUT2D eigenvalue weighted by molar-refractivity contribution is -0.123. The molecule has 4 rings (SSSR count). The van der Waals surface area contributed by atoms with Crippen molar-refractivity contribution in [2.75, 3.05) is 16.4 Å². The number of halogens is 1. The number of anilines is 1. The standard InChI is InChI=1S/C14H12ClN3O2S2/c1-8-2-4-9(5-3-8)11-16-17-13(20-11)18-12(19)10(15)14(18)21-6-7-22-14/h2-5,10H,6-7H2,1H3. The third-order valence-electron chi connectivity index (χ3n) is 3.67. The Bertz CT molecular complexity index is 728. The molecule has 1 spiro atoms. The number of amides is 1. The predicted octanol–water partition coefficient (Wildman–Crippen LogP) is 3.13. The molecule has 5 nitrogen and oxygen atoms in total. The number of β-lactam (4-membered cyclic amide) rings is 1. The van der Waals surface area contributed by atoms with Gasteiger partial charge in [-0.05, 0) is 19.1 Å². The van der Waals surface area contributed by atoms with Crippen LogP contribution in [0.15, 0.2) is 28.7 Å². The lowest BCUT2D eigenvalue weighted by Gasteiger charge is -2.48. The molecular weight excluding hydrogens is 342 g/mol. The summed E-state index contributed by atoms with van der Waals surface area (Å²) >= 11 is 9.55. The van der Waals surface area contributed by atoms with Gasteiger partial charge in [0.15, 0.2) is 9.58 Å². The molecule has 1 atom stereocenters. The van der Waals surface area contributed by atoms with Crippen molar-refractivity contribution < 1.29 is 9.21 Å². The first kappa shape index (κ1) is 14.4. The molecule has 2 fully saturated rings. The summed E-state index contributed by atoms with van der Waals surface area (Å²) in [6, 6.07) is 8.02. The number of carbonyl (C=O) groups excluding carboxylic acids is 1. The molecule has 22 heavy (non-hydrogen) atoms. The van der Waals surface area contributed by atoms with Gasteiger partial charge in [0.05, 0.1) is 0 Å². The largest absolute Gasteiger partial charge is 0.403 e. The minimum Gasteiger partial charge on any atom is -0.403 e. The van der Waals surface area contributed by atoms with E-state index in [1.807, 2.05) is 31.2 Å². The van der Waals surface area contributed by atoms with Gasteiger partial charge in [0.2, 0.25) is 5.89 Å². The predicted molar refractivity (Wildman–Crippen MR) is 89.2 cm³/mol. The minimum atomic E-state index is -0.542. The molecule has 1 aromatic carbocycles. The van der Waals surface area contributed by atoms with Crippen LogP contribution in [-0.4, -0.2) is 37.2 Å². The van der Waals surface area contributed by atoms with Crippen molar-refractivity contribution in [2.24, 2.45) is 0 Å². The van der Waals surface area contributed by atoms with Gasteiger partial charge < -0.3 is 4.42 Å². The normalized spacial score (nSPS) is 23.1. The third kappa shape index (κ3) is 1.99. The summed E-state index contributed by atoms with van der Waals surface area (Å²) in [6.07, 6.45) is 0. The highest BCUT2D eigenvalue weighted by Gasteiger charge is 2.64. The van der Waals surface area contributed by atoms with Crippen LogP contribution in [0.25, 0.3) is 11.5 Å². The van der Waals surface area contributed by atoms with Gasteiger partial charge in [-0.15, -0.1) is 40.2 Å². The second-order valence-corrected chi connectivity index (χ2v) is 8.45. The third-order valence-corrected chi connectivity index (χ3v) is 7.88. The van der Waals surface area contributed by atoms with Gasteiger partial charge in [-0.2, -0.15) is 0 Å². The average Bonchev–Trinajstić information content (AvgIpc) is 3.19. The number of rotatable bonds is 2. The Morgan fingerprint density at radius 2 is 1.95 bits per heavy atom. The quantitative estimate of drug-likeness (QED) is 0.610. The van der Waals surface area contributed by atoms with Gasteiger partial charge in [0.25, 0.3) is 5.91 Å². The molecule has 8 heteroatoms. The smallest absolute Gasteiger partial charge is 0.327 e. The van der Waals surface area contributed by atoms with E-state index < -0.39 is 9.58 Å². The summed E-state index contributed by atoms with van der Waals surface area (Å²) in [6.45, 7) is 2.01. The molecule has 3 heterocycles. The first-order valence-electron chi connectivity index (χ1n) is 6.78. The van der Waals surface area contributed by atoms with E-state index in [0.717, 1.165) is 22.6 Å². The molecule has 2 aromatic rings. The number of aromatic nitrogens is 2. The fourth-order valence-electron chi connectivity index (χ4n) is 2.51. The summed E-state index contributed by atoms with van der Waals surface area (Å²) in [5.41, 5.74) is 1.99. The molecule has 1 amide bonds. The Kier molecular flexibility index (Phi) is 3.39. The molecule has 2 saturated heterocycles. The number of aryl methyl sites for hydroxylation is 1. The fourth-order valence-corrected chi connectivity index (χ4v) is 6.26. The SMILES string of the molecule is Cc1ccc(-c2nnc(N3C(=O)C(Cl)C34SCCS4)o2)cc1. The van der Waals surface area contributed by atoms with Crippen LogP contribution in [0.5, 0.6) is 0 Å². The number of benzene rings is 1. The highest BCUT2D eigenvalue weighted by Crippen LogP contribution is 2.58. The van der Waals surface area contributed by atoms with Gasteiger partial charge in [-0.25, -0.2) is 4.90 Å². The van der Waals surface area contributed by atoms with Crippen LogP contribution in [0.2, 0.25) is 0 Å². The first-order chi connectivity index (χ1) is 10.6. The molecule has 1 unspecified atom stereocenters. The Balaban J connectivity index is 1.66. The van der Waals surface area contributed by atoms with Gasteiger partial charge >= 0.3 is 6.01 Å². The van der Waals surface area contributed by atoms with Crippen molar-refractivity contribution in [3.05, 3.63) is 29.8 Å². The molecule has 1 aromatic heterocycles. The molecule has 0 saturated carbocycles. The number of nitrogens with zero attached hydrogens (tertiary/aromatic N) is 3. The maximum atomic E-state index is 12.2. The molecule has 0 bridgehead atoms. The highest BCUT2D eigenvalue weighted by atomic mass is 35.5. The zero-order valence-corrected chi connectivity index (χ0v) is 14.0. The van der Waals surface area contributed by atoms with Crippen molar-refractivity contribution in [3.8, 4) is 11.5 Å². The average molecular weight is 354 g/mol. The summed E-state index contributed by atoms with van der Waals surface area (Å²) in [4.78, 5) is 13.7. The van der Waals surface area contributed by atoms with E-state index in [1.165, 1.54) is 4.90 Å². The molecule has 2 aliphatic rings. The lowest BCUT2D eigenvalue weighted by atomic mass is 10.1. The number of hydrogen-bond donors (Lipinski definition) is 0. The van der Waals surface area contributed by atoms with Crippen LogP contribution in [0, 0.1) is 6.92 Å². The van der Waals surface area contributed by atoms with Crippen LogP contribution in [-0.2, 0) is 4.79 Å². The summed E-state index contributed by atoms with van der Waals surface area (Å²) in [5.74, 6) is 2.14. The zero-order chi connectivity index (χ0) is 15.3. The zero-order valence-electron chi connectivity index (χ0n) is 11.7. The van der Waals surface area contributed by atoms with Crippen LogP contribution < -0.4 is 4.90 Å². The number of alkyl halides is 1. The fraction of sp³-hybridized carbons (Fsp3) is 0.357. The van der Waals surface area contributed by atoms with Crippen LogP contribution in [0.3, 0.4) is 0 Å². The Labute approximate surface area is 140 Å². The number of thioether (sulfide) groups is 2. The van der Waals surface area contributed by atoms with Crippen molar-refractivity contribution in [3.63, 3.8) is 0 Å². The Morgan fingerprint density at radius 1 is 1.27 bits per heavy atom. The van der Waals surface area contributed by atoms with Crippen molar-refractivity contribution in [1.82, 2.24) is 10.2 Å². The van der Waals surface area contributed by atoms with E-state index in [-0.39, 0.29) is 11.9 Å². The van der Waals surface area contributed by atoms with E-state index in [4.69, 9.17) is 16.0 Å². The topological polar surface area (TPSA) is 59.2 Å². The molecular formula is C14H12ClN3O2S2. The Morgan fingerprint density at radius 3 is 2.64 bits per heavy atom. The molecule has 0 aliphatic carbocycles. The maximum absolute atomic E-state index is 12.2. The van der Waals surface area contributed by atoms with E-state index in [0.29, 0.717) is 5.89 Å². The van der Waals surface area contributed by atoms with Crippen molar-refractivity contribution in [1.29, 1.82) is 0 Å². The van der Waals surface area contributed by atoms with Gasteiger partial charge in [-0.1, -0.05) is 22.8 Å². The number of carbonyl (C=O) groups is 1. The Hall–Kier alpha value is -1.18. The maximum Gasteiger partial charge on any atom is 0.327 e. The molecule has 0 N–H and O–H groups in total. The van der Waals surface area contributed by atoms with Crippen LogP contribution in [0.1, 0.15) is 5.56 Å². The van der Waals surface area contributed by atoms with Crippen LogP contribution >= 0.6 is 35.1 Å². The van der Waals surface area contributed by atoms with Gasteiger partial charge in [0, 0.05) is 17.1 Å². The van der Waals surface area contributed by atoms with Crippen molar-refractivity contribution in [2.45, 2.75) is 16.5 Å². The van der Waals surface area contributed by atoms with Gasteiger partial charge in [-0.3, -0.25) is 4.79 Å². The molecule has 2 aliphatic heterocycles. The molecule has 0 radical (unpaired) electrons. The first-order valence-corrected chi connectivity index (χ1v) is 9.19. The summed E-state index contributed by atoms with van der Waals surface area (Å²) in [5, 5.41) is 7.56. The second kappa shape index (κ2) is 5.18. The summed E-state index contributed by atoms with van der Waals surface area (Å²) in [7, 11) is 0. The van der Waals surface area contributed by atoms with E-state index in [1.54, 1.807) is 23.5 Å². The van der Waals surface area contributed by atoms with E-state index >= 15 is 0 Å². The lowest BCUT2D eigenvalue weighted by Crippen LogP contribution is -2.68. The van der Waals surface area contributed by atoms with Crippen molar-refractivity contribution >= 4 is 47.0 Å². The van der Waals surface area contributed by atoms with E-state index in [2.05, 4.69) is 10.2 Å². The summed E-state index contributed by atoms with van der Waals surface area (Å²) < 4.78 is 5.23. The molecule has 114 valence electrons. The monoisotopic (exact) mass is 353 g/mol. The van der Waals surface area contributed by atoms with Crippen LogP contribution in [0.4, 0.5) is 6.01 Å². The number of hydrogen-bond acceptors (Lipinski definition) is 6. The second-order valence-electron chi connectivity index (χ2n) is 5.12. The van der Waals surface area contributed by atoms with E-state index in [9.17, 15) is 4.79 Å².